The van der Waals surface area contributed by atoms with Gasteiger partial charge >= 0.3 is 5.97 Å². The number of aromatic nitrogens is 4. The lowest BCUT2D eigenvalue weighted by atomic mass is 9.94. The topological polar surface area (TPSA) is 69.9 Å². The highest BCUT2D eigenvalue weighted by Crippen LogP contribution is 2.37. The van der Waals surface area contributed by atoms with Crippen LogP contribution in [0.2, 0.25) is 0 Å². The summed E-state index contributed by atoms with van der Waals surface area (Å²) in [5.41, 5.74) is 5.21. The molecule has 3 aromatic heterocycles. The first-order valence-corrected chi connectivity index (χ1v) is 9.68. The number of ether oxygens (including phenoxy) is 1. The minimum absolute atomic E-state index is 0.283. The molecule has 0 atom stereocenters. The maximum Gasteiger partial charge on any atom is 0.341 e. The third-order valence-corrected chi connectivity index (χ3v) is 4.78. The molecule has 6 heteroatoms. The molecule has 4 rings (SSSR count). The van der Waals surface area contributed by atoms with Crippen molar-refractivity contribution >= 4 is 17.0 Å². The van der Waals surface area contributed by atoms with Gasteiger partial charge in [0, 0.05) is 41.0 Å². The molecule has 0 saturated heterocycles. The summed E-state index contributed by atoms with van der Waals surface area (Å²) in [5, 5.41) is 5.29. The van der Waals surface area contributed by atoms with Crippen LogP contribution in [0.25, 0.3) is 33.4 Å². The Kier molecular flexibility index (Phi) is 5.08. The molecular formula is C23H22N4O2. The fourth-order valence-corrected chi connectivity index (χ4v) is 3.52. The van der Waals surface area contributed by atoms with Crippen molar-refractivity contribution in [2.24, 2.45) is 0 Å². The number of hydrogen-bond donors (Lipinski definition) is 0. The average Bonchev–Trinajstić information content (AvgIpc) is 3.16. The van der Waals surface area contributed by atoms with E-state index in [4.69, 9.17) is 9.72 Å². The van der Waals surface area contributed by atoms with Crippen molar-refractivity contribution in [2.45, 2.75) is 27.3 Å². The number of esters is 1. The van der Waals surface area contributed by atoms with Crippen molar-refractivity contribution in [1.82, 2.24) is 19.7 Å². The van der Waals surface area contributed by atoms with Crippen LogP contribution < -0.4 is 0 Å². The Labute approximate surface area is 169 Å². The Morgan fingerprint density at radius 3 is 2.55 bits per heavy atom. The fourth-order valence-electron chi connectivity index (χ4n) is 3.52. The molecule has 1 aromatic carbocycles. The van der Waals surface area contributed by atoms with E-state index in [-0.39, 0.29) is 6.61 Å². The van der Waals surface area contributed by atoms with Crippen LogP contribution in [0.1, 0.15) is 29.8 Å². The minimum atomic E-state index is -0.401. The predicted octanol–water partition coefficient (Wildman–Crippen LogP) is 4.67. The molecule has 0 radical (unpaired) electrons. The summed E-state index contributed by atoms with van der Waals surface area (Å²) in [7, 11) is 0. The van der Waals surface area contributed by atoms with Gasteiger partial charge in [0.1, 0.15) is 0 Å². The van der Waals surface area contributed by atoms with Crippen LogP contribution in [-0.2, 0) is 11.3 Å². The molecule has 0 aliphatic carbocycles. The predicted molar refractivity (Wildman–Crippen MR) is 113 cm³/mol. The molecule has 0 fully saturated rings. The van der Waals surface area contributed by atoms with Gasteiger partial charge in [-0.15, -0.1) is 0 Å². The van der Waals surface area contributed by atoms with Crippen LogP contribution in [0.3, 0.4) is 0 Å². The first-order chi connectivity index (χ1) is 14.1. The van der Waals surface area contributed by atoms with E-state index in [0.717, 1.165) is 33.3 Å². The van der Waals surface area contributed by atoms with Gasteiger partial charge in [0.05, 0.1) is 24.1 Å². The van der Waals surface area contributed by atoms with Crippen molar-refractivity contribution < 1.29 is 9.53 Å². The Balaban J connectivity index is 2.16. The molecule has 0 amide bonds. The van der Waals surface area contributed by atoms with Crippen LogP contribution in [0, 0.1) is 6.92 Å². The van der Waals surface area contributed by atoms with Gasteiger partial charge in [0.25, 0.3) is 0 Å². The third kappa shape index (κ3) is 3.38. The number of rotatable bonds is 5. The number of nitrogens with zero attached hydrogens (tertiary/aromatic N) is 4. The van der Waals surface area contributed by atoms with Gasteiger partial charge in [-0.2, -0.15) is 5.10 Å². The Hall–Kier alpha value is -3.54. The van der Waals surface area contributed by atoms with E-state index >= 15 is 0 Å². The molecule has 0 aliphatic heterocycles. The summed E-state index contributed by atoms with van der Waals surface area (Å²) >= 11 is 0. The van der Waals surface area contributed by atoms with Crippen molar-refractivity contribution in [3.63, 3.8) is 0 Å². The van der Waals surface area contributed by atoms with Gasteiger partial charge in [0.2, 0.25) is 0 Å². The molecule has 4 aromatic rings. The van der Waals surface area contributed by atoms with Crippen LogP contribution in [0.15, 0.2) is 55.0 Å². The van der Waals surface area contributed by atoms with Crippen molar-refractivity contribution in [1.29, 1.82) is 0 Å². The lowest BCUT2D eigenvalue weighted by molar-refractivity contribution is 0.0528. The Bertz CT molecular complexity index is 1180. The molecule has 0 saturated carbocycles. The second-order valence-corrected chi connectivity index (χ2v) is 6.75. The molecule has 0 N–H and O–H groups in total. The molecular weight excluding hydrogens is 364 g/mol. The zero-order valence-electron chi connectivity index (χ0n) is 16.7. The third-order valence-electron chi connectivity index (χ3n) is 4.78. The van der Waals surface area contributed by atoms with E-state index < -0.39 is 5.97 Å². The molecule has 29 heavy (non-hydrogen) atoms. The van der Waals surface area contributed by atoms with Gasteiger partial charge in [0.15, 0.2) is 5.65 Å². The Morgan fingerprint density at radius 1 is 1.07 bits per heavy atom. The lowest BCUT2D eigenvalue weighted by Crippen LogP contribution is -2.11. The fraction of sp³-hybridized carbons (Fsp3) is 0.217. The zero-order chi connectivity index (χ0) is 20.4. The summed E-state index contributed by atoms with van der Waals surface area (Å²) in [6.07, 6.45) is 5.32. The smallest absolute Gasteiger partial charge is 0.341 e. The highest BCUT2D eigenvalue weighted by Gasteiger charge is 2.26. The van der Waals surface area contributed by atoms with Gasteiger partial charge in [-0.3, -0.25) is 4.98 Å². The maximum absolute atomic E-state index is 13.1. The number of aryl methyl sites for hydroxylation is 2. The van der Waals surface area contributed by atoms with Gasteiger partial charge < -0.3 is 4.74 Å². The van der Waals surface area contributed by atoms with Crippen molar-refractivity contribution in [3.05, 3.63) is 66.1 Å². The number of hydrogen-bond acceptors (Lipinski definition) is 5. The number of benzene rings is 1. The van der Waals surface area contributed by atoms with Gasteiger partial charge in [-0.05, 0) is 32.4 Å². The first-order valence-electron chi connectivity index (χ1n) is 9.68. The van der Waals surface area contributed by atoms with Gasteiger partial charge in [-0.1, -0.05) is 30.3 Å². The number of carbonyl (C=O) groups is 1. The summed E-state index contributed by atoms with van der Waals surface area (Å²) < 4.78 is 7.27. The van der Waals surface area contributed by atoms with Crippen LogP contribution in [0.5, 0.6) is 0 Å². The van der Waals surface area contributed by atoms with Crippen LogP contribution in [-0.4, -0.2) is 32.3 Å². The maximum atomic E-state index is 13.1. The molecule has 0 aliphatic rings. The average molecular weight is 386 g/mol. The second-order valence-electron chi connectivity index (χ2n) is 6.75. The molecule has 3 heterocycles. The Morgan fingerprint density at radius 2 is 1.86 bits per heavy atom. The second kappa shape index (κ2) is 7.83. The van der Waals surface area contributed by atoms with Crippen LogP contribution in [0.4, 0.5) is 0 Å². The quantitative estimate of drug-likeness (QED) is 0.466. The van der Waals surface area contributed by atoms with E-state index in [1.54, 1.807) is 25.5 Å². The summed E-state index contributed by atoms with van der Waals surface area (Å²) in [5.74, 6) is -0.401. The van der Waals surface area contributed by atoms with E-state index in [9.17, 15) is 4.79 Å². The van der Waals surface area contributed by atoms with E-state index in [1.807, 2.05) is 54.9 Å². The normalized spacial score (nSPS) is 11.0. The largest absolute Gasteiger partial charge is 0.462 e. The monoisotopic (exact) mass is 386 g/mol. The number of carbonyl (C=O) groups excluding carboxylic acids is 1. The van der Waals surface area contributed by atoms with Crippen molar-refractivity contribution in [3.8, 4) is 22.4 Å². The molecule has 0 bridgehead atoms. The lowest BCUT2D eigenvalue weighted by Gasteiger charge is -2.16. The van der Waals surface area contributed by atoms with E-state index in [0.29, 0.717) is 17.8 Å². The van der Waals surface area contributed by atoms with Gasteiger partial charge in [-0.25, -0.2) is 14.5 Å². The van der Waals surface area contributed by atoms with Crippen molar-refractivity contribution in [2.75, 3.05) is 6.61 Å². The SMILES string of the molecule is CCOC(=O)c1c(-c2ccccc2)nc2c(cnn2CC)c1-c1cncc(C)c1. The molecule has 146 valence electrons. The van der Waals surface area contributed by atoms with E-state index in [2.05, 4.69) is 10.1 Å². The molecule has 0 spiro atoms. The number of pyridine rings is 2. The summed E-state index contributed by atoms with van der Waals surface area (Å²) in [6.45, 7) is 6.75. The minimum Gasteiger partial charge on any atom is -0.462 e. The highest BCUT2D eigenvalue weighted by molar-refractivity contribution is 6.10. The molecule has 0 unspecified atom stereocenters. The summed E-state index contributed by atoms with van der Waals surface area (Å²) in [6, 6.07) is 11.7. The standard InChI is InChI=1S/C23H22N4O2/c1-4-27-22-18(14-25-27)19(17-11-15(3)12-24-13-17)20(23(28)29-5-2)21(26-22)16-9-7-6-8-10-16/h6-14H,4-5H2,1-3H3. The molecule has 6 nitrogen and oxygen atoms in total. The first kappa shape index (κ1) is 18.8. The van der Waals surface area contributed by atoms with Crippen LogP contribution >= 0.6 is 0 Å². The zero-order valence-corrected chi connectivity index (χ0v) is 16.7. The van der Waals surface area contributed by atoms with E-state index in [1.165, 1.54) is 0 Å². The number of fused-ring (bicyclic) bond motifs is 1. The highest BCUT2D eigenvalue weighted by atomic mass is 16.5. The summed E-state index contributed by atoms with van der Waals surface area (Å²) in [4.78, 5) is 22.3.